The molecule has 0 aromatic carbocycles. The maximum absolute atomic E-state index is 12.0. The number of hydrogen-bond donors (Lipinski definition) is 2. The second kappa shape index (κ2) is 6.87. The number of nitrogens with zero attached hydrogens (tertiary/aromatic N) is 2. The lowest BCUT2D eigenvalue weighted by molar-refractivity contribution is -0.134. The fourth-order valence-electron chi connectivity index (χ4n) is 2.73. The van der Waals surface area contributed by atoms with Crippen molar-refractivity contribution < 1.29 is 9.53 Å². The van der Waals surface area contributed by atoms with Crippen LogP contribution in [-0.2, 0) is 16.1 Å². The first kappa shape index (κ1) is 14.3. The summed E-state index contributed by atoms with van der Waals surface area (Å²) in [6.45, 7) is 4.65. The molecule has 2 saturated heterocycles. The predicted molar refractivity (Wildman–Crippen MR) is 80.1 cm³/mol. The zero-order valence-electron chi connectivity index (χ0n) is 12.2. The lowest BCUT2D eigenvalue weighted by Gasteiger charge is -2.23. The first-order valence-electron chi connectivity index (χ1n) is 7.63. The molecule has 2 aliphatic heterocycles. The number of aromatic nitrogens is 1. The number of rotatable bonds is 4. The van der Waals surface area contributed by atoms with Crippen LogP contribution in [0.25, 0.3) is 0 Å². The first-order valence-corrected chi connectivity index (χ1v) is 7.63. The van der Waals surface area contributed by atoms with Gasteiger partial charge in [-0.2, -0.15) is 0 Å². The van der Waals surface area contributed by atoms with Crippen LogP contribution in [0.15, 0.2) is 18.3 Å². The van der Waals surface area contributed by atoms with Gasteiger partial charge in [-0.3, -0.25) is 4.79 Å². The van der Waals surface area contributed by atoms with Gasteiger partial charge in [-0.15, -0.1) is 0 Å². The Kier molecular flexibility index (Phi) is 4.67. The molecular formula is C15H22N4O2. The van der Waals surface area contributed by atoms with Crippen molar-refractivity contribution in [1.29, 1.82) is 0 Å². The van der Waals surface area contributed by atoms with E-state index >= 15 is 0 Å². The minimum atomic E-state index is -0.376. The third-order valence-electron chi connectivity index (χ3n) is 3.93. The second-order valence-electron chi connectivity index (χ2n) is 5.50. The van der Waals surface area contributed by atoms with Gasteiger partial charge in [0.1, 0.15) is 11.9 Å². The molecule has 0 aliphatic carbocycles. The number of amides is 1. The smallest absolute Gasteiger partial charge is 0.250 e. The highest BCUT2D eigenvalue weighted by Gasteiger charge is 2.21. The van der Waals surface area contributed by atoms with Crippen LogP contribution in [0.2, 0.25) is 0 Å². The van der Waals surface area contributed by atoms with Gasteiger partial charge in [-0.1, -0.05) is 0 Å². The number of carbonyl (C=O) groups is 1. The Morgan fingerprint density at radius 1 is 1.48 bits per heavy atom. The number of pyridine rings is 1. The highest BCUT2D eigenvalue weighted by atomic mass is 16.5. The lowest BCUT2D eigenvalue weighted by atomic mass is 10.2. The van der Waals surface area contributed by atoms with E-state index in [9.17, 15) is 4.79 Å². The zero-order chi connectivity index (χ0) is 14.5. The summed E-state index contributed by atoms with van der Waals surface area (Å²) in [7, 11) is 0. The van der Waals surface area contributed by atoms with Gasteiger partial charge in [-0.25, -0.2) is 4.98 Å². The van der Waals surface area contributed by atoms with Gasteiger partial charge < -0.3 is 20.3 Å². The van der Waals surface area contributed by atoms with Gasteiger partial charge in [0, 0.05) is 38.9 Å². The highest BCUT2D eigenvalue weighted by molar-refractivity contribution is 5.81. The fourth-order valence-corrected chi connectivity index (χ4v) is 2.73. The Balaban J connectivity index is 1.54. The molecule has 2 N–H and O–H groups in total. The van der Waals surface area contributed by atoms with Gasteiger partial charge in [0.2, 0.25) is 0 Å². The highest BCUT2D eigenvalue weighted by Crippen LogP contribution is 2.18. The summed E-state index contributed by atoms with van der Waals surface area (Å²) in [5.41, 5.74) is 1.07. The van der Waals surface area contributed by atoms with Crippen molar-refractivity contribution in [3.63, 3.8) is 0 Å². The second-order valence-corrected chi connectivity index (χ2v) is 5.50. The molecule has 0 spiro atoms. The van der Waals surface area contributed by atoms with E-state index in [1.807, 2.05) is 12.3 Å². The standard InChI is InChI=1S/C15H22N4O2/c20-15(13-11-16-5-8-21-13)18-10-12-3-4-17-14(9-12)19-6-1-2-7-19/h3-4,9,13,16H,1-2,5-8,10-11H2,(H,18,20). The summed E-state index contributed by atoms with van der Waals surface area (Å²) >= 11 is 0. The van der Waals surface area contributed by atoms with Crippen LogP contribution in [0, 0.1) is 0 Å². The van der Waals surface area contributed by atoms with Crippen molar-refractivity contribution in [3.8, 4) is 0 Å². The minimum Gasteiger partial charge on any atom is -0.366 e. The van der Waals surface area contributed by atoms with Crippen molar-refractivity contribution in [3.05, 3.63) is 23.9 Å². The largest absolute Gasteiger partial charge is 0.366 e. The zero-order valence-corrected chi connectivity index (χ0v) is 12.2. The number of morpholine rings is 1. The van der Waals surface area contributed by atoms with Crippen molar-refractivity contribution >= 4 is 11.7 Å². The first-order chi connectivity index (χ1) is 10.3. The molecule has 1 aromatic rings. The summed E-state index contributed by atoms with van der Waals surface area (Å²) < 4.78 is 5.44. The van der Waals surface area contributed by atoms with Crippen LogP contribution < -0.4 is 15.5 Å². The molecule has 21 heavy (non-hydrogen) atoms. The van der Waals surface area contributed by atoms with Gasteiger partial charge in [0.05, 0.1) is 6.61 Å². The van der Waals surface area contributed by atoms with E-state index in [1.54, 1.807) is 0 Å². The van der Waals surface area contributed by atoms with Gasteiger partial charge in [0.25, 0.3) is 5.91 Å². The van der Waals surface area contributed by atoms with Crippen LogP contribution in [0.3, 0.4) is 0 Å². The van der Waals surface area contributed by atoms with Gasteiger partial charge >= 0.3 is 0 Å². The van der Waals surface area contributed by atoms with Crippen LogP contribution in [-0.4, -0.2) is 49.8 Å². The Morgan fingerprint density at radius 2 is 2.33 bits per heavy atom. The average Bonchev–Trinajstić information content (AvgIpc) is 3.08. The topological polar surface area (TPSA) is 66.5 Å². The maximum atomic E-state index is 12.0. The minimum absolute atomic E-state index is 0.0539. The SMILES string of the molecule is O=C(NCc1ccnc(N2CCCC2)c1)C1CNCCO1. The molecular weight excluding hydrogens is 268 g/mol. The normalized spacial score (nSPS) is 22.3. The van der Waals surface area contributed by atoms with Crippen molar-refractivity contribution in [2.45, 2.75) is 25.5 Å². The fraction of sp³-hybridized carbons (Fsp3) is 0.600. The molecule has 2 fully saturated rings. The molecule has 1 aromatic heterocycles. The third-order valence-corrected chi connectivity index (χ3v) is 3.93. The molecule has 114 valence electrons. The van der Waals surface area contributed by atoms with Crippen LogP contribution in [0.5, 0.6) is 0 Å². The van der Waals surface area contributed by atoms with E-state index in [4.69, 9.17) is 4.74 Å². The molecule has 1 atom stereocenters. The van der Waals surface area contributed by atoms with Gasteiger partial charge in [0.15, 0.2) is 0 Å². The predicted octanol–water partition coefficient (Wildman–Crippen LogP) is 0.286. The van der Waals surface area contributed by atoms with E-state index in [1.165, 1.54) is 12.8 Å². The summed E-state index contributed by atoms with van der Waals surface area (Å²) in [6.07, 6.45) is 3.90. The Hall–Kier alpha value is -1.66. The number of hydrogen-bond acceptors (Lipinski definition) is 5. The molecule has 0 saturated carbocycles. The Morgan fingerprint density at radius 3 is 3.10 bits per heavy atom. The molecule has 6 nitrogen and oxygen atoms in total. The molecule has 1 unspecified atom stereocenters. The molecule has 0 bridgehead atoms. The van der Waals surface area contributed by atoms with Crippen molar-refractivity contribution in [2.75, 3.05) is 37.7 Å². The number of anilines is 1. The molecule has 3 rings (SSSR count). The summed E-state index contributed by atoms with van der Waals surface area (Å²) in [5.74, 6) is 0.955. The Labute approximate surface area is 124 Å². The van der Waals surface area contributed by atoms with E-state index in [0.29, 0.717) is 19.7 Å². The monoisotopic (exact) mass is 290 g/mol. The van der Waals surface area contributed by atoms with Crippen LogP contribution >= 0.6 is 0 Å². The number of carbonyl (C=O) groups excluding carboxylic acids is 1. The average molecular weight is 290 g/mol. The Bertz CT molecular complexity index is 482. The lowest BCUT2D eigenvalue weighted by Crippen LogP contribution is -2.47. The summed E-state index contributed by atoms with van der Waals surface area (Å²) in [6, 6.07) is 4.01. The molecule has 1 amide bonds. The molecule has 2 aliphatic rings. The van der Waals surface area contributed by atoms with E-state index in [0.717, 1.165) is 31.0 Å². The molecule has 6 heteroatoms. The maximum Gasteiger partial charge on any atom is 0.250 e. The molecule has 0 radical (unpaired) electrons. The number of ether oxygens (including phenoxy) is 1. The quantitative estimate of drug-likeness (QED) is 0.834. The van der Waals surface area contributed by atoms with Crippen LogP contribution in [0.1, 0.15) is 18.4 Å². The van der Waals surface area contributed by atoms with Gasteiger partial charge in [-0.05, 0) is 30.5 Å². The molecule has 3 heterocycles. The van der Waals surface area contributed by atoms with Crippen molar-refractivity contribution in [1.82, 2.24) is 15.6 Å². The summed E-state index contributed by atoms with van der Waals surface area (Å²) in [5, 5.41) is 6.09. The van der Waals surface area contributed by atoms with E-state index in [-0.39, 0.29) is 12.0 Å². The van der Waals surface area contributed by atoms with E-state index in [2.05, 4.69) is 26.6 Å². The number of nitrogens with one attached hydrogen (secondary N) is 2. The van der Waals surface area contributed by atoms with E-state index < -0.39 is 0 Å². The third kappa shape index (κ3) is 3.71. The van der Waals surface area contributed by atoms with Crippen molar-refractivity contribution in [2.24, 2.45) is 0 Å². The summed E-state index contributed by atoms with van der Waals surface area (Å²) in [4.78, 5) is 18.7. The van der Waals surface area contributed by atoms with Crippen LogP contribution in [0.4, 0.5) is 5.82 Å².